The third kappa shape index (κ3) is 14.6. The van der Waals surface area contributed by atoms with Gasteiger partial charge in [-0.1, -0.05) is 68.4 Å². The van der Waals surface area contributed by atoms with E-state index in [1.165, 1.54) is 30.0 Å². The number of carbonyl (C=O) groups excluding carboxylic acids is 6. The van der Waals surface area contributed by atoms with Crippen molar-refractivity contribution in [3.05, 3.63) is 102 Å². The van der Waals surface area contributed by atoms with Crippen LogP contribution in [0.3, 0.4) is 0 Å². The molecule has 6 atom stereocenters. The first-order valence-electron chi connectivity index (χ1n) is 24.9. The molecule has 4 aromatic carbocycles. The minimum Gasteiger partial charge on any atom is -0.508 e. The number of phenols is 1. The fourth-order valence-electron chi connectivity index (χ4n) is 9.18. The summed E-state index contributed by atoms with van der Waals surface area (Å²) in [6, 6.07) is 15.9. The number of nitrogens with zero attached hydrogens (tertiary/aromatic N) is 2. The second-order valence-electron chi connectivity index (χ2n) is 19.3. The predicted octanol–water partition coefficient (Wildman–Crippen LogP) is 2.16. The monoisotopic (exact) mass is 1050 g/mol. The maximum absolute atomic E-state index is 14.3. The number of aromatic hydroxyl groups is 1. The average Bonchev–Trinajstić information content (AvgIpc) is 4.04. The van der Waals surface area contributed by atoms with Crippen LogP contribution in [-0.2, 0) is 56.4 Å². The molecule has 11 N–H and O–H groups in total. The Morgan fingerprint density at radius 1 is 0.760 bits per heavy atom. The van der Waals surface area contributed by atoms with Gasteiger partial charge in [-0.15, -0.1) is 0 Å². The predicted molar refractivity (Wildman–Crippen MR) is 283 cm³/mol. The topological polar surface area (TPSA) is 315 Å². The van der Waals surface area contributed by atoms with E-state index in [-0.39, 0.29) is 49.4 Å². The molecule has 0 aliphatic carbocycles. The number of phenolic OH excluding ortho intramolecular Hbond substituents is 1. The summed E-state index contributed by atoms with van der Waals surface area (Å²) >= 11 is 0. The summed E-state index contributed by atoms with van der Waals surface area (Å²) in [5.74, 6) is -6.18. The molecular formula is C53H68N10O11S. The first-order chi connectivity index (χ1) is 35.7. The van der Waals surface area contributed by atoms with Gasteiger partial charge in [0.05, 0.1) is 11.4 Å². The molecule has 5 aromatic rings. The summed E-state index contributed by atoms with van der Waals surface area (Å²) in [7, 11) is -0.571. The van der Waals surface area contributed by atoms with Gasteiger partial charge >= 0.3 is 5.97 Å². The molecule has 402 valence electrons. The van der Waals surface area contributed by atoms with Crippen molar-refractivity contribution in [1.29, 1.82) is 0 Å². The summed E-state index contributed by atoms with van der Waals surface area (Å²) in [5.41, 5.74) is 8.54. The van der Waals surface area contributed by atoms with Gasteiger partial charge in [-0.3, -0.25) is 28.8 Å². The molecule has 21 nitrogen and oxygen atoms in total. The zero-order valence-electron chi connectivity index (χ0n) is 42.7. The number of carboxylic acid groups (broad SMARTS) is 1. The van der Waals surface area contributed by atoms with Crippen LogP contribution in [-0.4, -0.2) is 140 Å². The quantitative estimate of drug-likeness (QED) is 0.0376. The van der Waals surface area contributed by atoms with Gasteiger partial charge in [0.2, 0.25) is 45.5 Å². The van der Waals surface area contributed by atoms with Crippen LogP contribution >= 0.6 is 0 Å². The van der Waals surface area contributed by atoms with E-state index in [9.17, 15) is 52.2 Å². The number of nitrogens with two attached hydrogens (primary N) is 1. The highest BCUT2D eigenvalue weighted by Crippen LogP contribution is 2.30. The molecule has 1 aliphatic heterocycles. The van der Waals surface area contributed by atoms with E-state index in [1.54, 1.807) is 56.4 Å². The number of nitrogens with one attached hydrogen (secondary N) is 7. The number of hydrogen-bond acceptors (Lipinski definition) is 12. The number of anilines is 1. The number of benzene rings is 4. The number of aliphatic carboxylic acids is 1. The molecule has 0 spiro atoms. The van der Waals surface area contributed by atoms with E-state index in [2.05, 4.69) is 36.3 Å². The van der Waals surface area contributed by atoms with Crippen molar-refractivity contribution >= 4 is 78.8 Å². The van der Waals surface area contributed by atoms with Crippen molar-refractivity contribution in [2.24, 2.45) is 11.7 Å². The number of sulfonamides is 1. The molecule has 1 saturated heterocycles. The molecule has 22 heteroatoms. The number of amides is 6. The Bertz CT molecular complexity index is 2980. The Morgan fingerprint density at radius 3 is 2.11 bits per heavy atom. The molecule has 0 saturated carbocycles. The highest BCUT2D eigenvalue weighted by Gasteiger charge is 2.39. The van der Waals surface area contributed by atoms with Crippen LogP contribution in [0.5, 0.6) is 5.75 Å². The van der Waals surface area contributed by atoms with Crippen molar-refractivity contribution in [2.75, 3.05) is 38.6 Å². The van der Waals surface area contributed by atoms with Crippen molar-refractivity contribution < 1.29 is 52.2 Å². The lowest BCUT2D eigenvalue weighted by Crippen LogP contribution is -2.59. The molecule has 0 bridgehead atoms. The number of carbonyl (C=O) groups is 7. The Morgan fingerprint density at radius 2 is 1.41 bits per heavy atom. The van der Waals surface area contributed by atoms with Crippen molar-refractivity contribution in [1.82, 2.24) is 41.2 Å². The molecular weight excluding hydrogens is 985 g/mol. The number of hydrogen-bond donors (Lipinski definition) is 10. The van der Waals surface area contributed by atoms with Gasteiger partial charge in [-0.2, -0.15) is 0 Å². The summed E-state index contributed by atoms with van der Waals surface area (Å²) in [6.07, 6.45) is 3.15. The van der Waals surface area contributed by atoms with Gasteiger partial charge < -0.3 is 57.3 Å². The van der Waals surface area contributed by atoms with Gasteiger partial charge in [-0.05, 0) is 92.9 Å². The zero-order valence-corrected chi connectivity index (χ0v) is 43.5. The number of likely N-dealkylation sites (tertiary alicyclic amines) is 1. The van der Waals surface area contributed by atoms with Crippen LogP contribution in [0, 0.1) is 5.92 Å². The summed E-state index contributed by atoms with van der Waals surface area (Å²) in [4.78, 5) is 102. The first kappa shape index (κ1) is 56.7. The van der Waals surface area contributed by atoms with E-state index in [0.29, 0.717) is 41.2 Å². The minimum absolute atomic E-state index is 0.00627. The van der Waals surface area contributed by atoms with Crippen molar-refractivity contribution in [3.8, 4) is 5.75 Å². The van der Waals surface area contributed by atoms with E-state index in [4.69, 9.17) is 5.73 Å². The summed E-state index contributed by atoms with van der Waals surface area (Å²) in [5, 5.41) is 35.1. The fraction of sp³-hybridized carbons (Fsp3) is 0.415. The number of fused-ring (bicyclic) bond motifs is 2. The number of unbranched alkanes of at least 4 members (excludes halogenated alkanes) is 1. The highest BCUT2D eigenvalue weighted by atomic mass is 32.2. The van der Waals surface area contributed by atoms with Crippen LogP contribution < -0.4 is 41.9 Å². The zero-order chi connectivity index (χ0) is 54.6. The SMILES string of the molecule is CC(C)[C@H](NC(=O)[C@H](Cc1c[nH]c2ccccc12)NC(=O)[C@@H]1CCCN1C(=O)[C@H](C)NC(=O)[C@H](Cc1ccc(O)cc1)NC(=O)[C@H](CCCCN)NC(=O)CNS(=O)(=O)c1cccc2c(N(C)C)cccc12)C(=O)O. The summed E-state index contributed by atoms with van der Waals surface area (Å²) in [6.45, 7) is 4.41. The van der Waals surface area contributed by atoms with Gasteiger partial charge in [-0.25, -0.2) is 17.9 Å². The molecule has 2 heterocycles. The van der Waals surface area contributed by atoms with Crippen LogP contribution in [0.4, 0.5) is 5.69 Å². The van der Waals surface area contributed by atoms with Gasteiger partial charge in [0.15, 0.2) is 0 Å². The molecule has 6 amide bonds. The van der Waals surface area contributed by atoms with Gasteiger partial charge in [0.25, 0.3) is 0 Å². The Labute approximate surface area is 435 Å². The second-order valence-corrected chi connectivity index (χ2v) is 21.0. The fourth-order valence-corrected chi connectivity index (χ4v) is 10.4. The summed E-state index contributed by atoms with van der Waals surface area (Å²) < 4.78 is 29.6. The third-order valence-electron chi connectivity index (χ3n) is 13.2. The Hall–Kier alpha value is -7.56. The molecule has 75 heavy (non-hydrogen) atoms. The van der Waals surface area contributed by atoms with E-state index < -0.39 is 100 Å². The number of carboxylic acids is 1. The molecule has 0 unspecified atom stereocenters. The highest BCUT2D eigenvalue weighted by molar-refractivity contribution is 7.89. The molecule has 0 radical (unpaired) electrons. The molecule has 1 aromatic heterocycles. The lowest BCUT2D eigenvalue weighted by molar-refractivity contribution is -0.144. The van der Waals surface area contributed by atoms with Crippen LogP contribution in [0.2, 0.25) is 0 Å². The number of aromatic nitrogens is 1. The van der Waals surface area contributed by atoms with Crippen LogP contribution in [0.25, 0.3) is 21.7 Å². The largest absolute Gasteiger partial charge is 0.508 e. The average molecular weight is 1050 g/mol. The van der Waals surface area contributed by atoms with Crippen LogP contribution in [0.15, 0.2) is 96.0 Å². The lowest BCUT2D eigenvalue weighted by Gasteiger charge is -2.30. The normalized spacial score (nSPS) is 15.6. The maximum atomic E-state index is 14.3. The minimum atomic E-state index is -4.24. The molecule has 1 fully saturated rings. The lowest BCUT2D eigenvalue weighted by atomic mass is 10.0. The second kappa shape index (κ2) is 25.6. The number of aromatic amines is 1. The van der Waals surface area contributed by atoms with E-state index in [0.717, 1.165) is 16.6 Å². The standard InChI is InChI=1S/C53H68N10O11S/c1-31(2)47(53(71)72)61-50(68)42(28-34-29-55-39-16-7-6-13-36(34)39)60-51(69)44-19-12-26-63(44)52(70)32(3)57-49(67)41(27-33-21-23-35(64)24-22-33)59-48(66)40(17-8-9-25-54)58-46(65)30-56-75(73,74)45-20-11-14-37-38(45)15-10-18-43(37)62(4)5/h6-7,10-11,13-16,18,20-24,29,31-32,40-42,44,47,55-56,64H,8-9,12,17,19,25-28,30,54H2,1-5H3,(H,57,67)(H,58,65)(H,59,66)(H,60,69)(H,61,68)(H,71,72)/t32-,40-,41-,42-,44-,47-/m0/s1. The molecule has 6 rings (SSSR count). The third-order valence-corrected chi connectivity index (χ3v) is 14.7. The van der Waals surface area contributed by atoms with Crippen LogP contribution in [0.1, 0.15) is 64.0 Å². The van der Waals surface area contributed by atoms with Gasteiger partial charge in [0.1, 0.15) is 42.0 Å². The van der Waals surface area contributed by atoms with E-state index >= 15 is 0 Å². The van der Waals surface area contributed by atoms with Gasteiger partial charge in [0, 0.05) is 67.0 Å². The number of H-pyrrole nitrogens is 1. The van der Waals surface area contributed by atoms with E-state index in [1.807, 2.05) is 49.3 Å². The molecule has 1 aliphatic rings. The Kier molecular flexibility index (Phi) is 19.4. The number of rotatable bonds is 25. The smallest absolute Gasteiger partial charge is 0.326 e. The maximum Gasteiger partial charge on any atom is 0.326 e. The van der Waals surface area contributed by atoms with Crippen molar-refractivity contribution in [2.45, 2.75) is 107 Å². The van der Waals surface area contributed by atoms with Crippen molar-refractivity contribution in [3.63, 3.8) is 0 Å². The number of para-hydroxylation sites is 1. The Balaban J connectivity index is 1.15. The first-order valence-corrected chi connectivity index (χ1v) is 26.4.